The third-order valence-electron chi connectivity index (χ3n) is 1.94. The molecule has 0 aromatic carbocycles. The molecular formula is C9H8ClN3OS. The molecule has 78 valence electrons. The SMILES string of the molecule is Cc1csc(C(=O)c2cnn(C)n2)c1Cl. The van der Waals surface area contributed by atoms with Gasteiger partial charge in [-0.25, -0.2) is 0 Å². The summed E-state index contributed by atoms with van der Waals surface area (Å²) in [6.07, 6.45) is 1.44. The van der Waals surface area contributed by atoms with Crippen LogP contribution in [-0.4, -0.2) is 20.8 Å². The number of aryl methyl sites for hydroxylation is 2. The molecule has 15 heavy (non-hydrogen) atoms. The molecule has 0 aliphatic rings. The van der Waals surface area contributed by atoms with Crippen LogP contribution >= 0.6 is 22.9 Å². The summed E-state index contributed by atoms with van der Waals surface area (Å²) < 4.78 is 0. The summed E-state index contributed by atoms with van der Waals surface area (Å²) in [6, 6.07) is 0. The Morgan fingerprint density at radius 2 is 2.33 bits per heavy atom. The maximum atomic E-state index is 11.9. The lowest BCUT2D eigenvalue weighted by atomic mass is 10.2. The Morgan fingerprint density at radius 1 is 1.60 bits per heavy atom. The summed E-state index contributed by atoms with van der Waals surface area (Å²) in [6.45, 7) is 1.87. The fraction of sp³-hybridized carbons (Fsp3) is 0.222. The Hall–Kier alpha value is -1.20. The number of aromatic nitrogens is 3. The highest BCUT2D eigenvalue weighted by atomic mass is 35.5. The molecule has 0 aliphatic carbocycles. The molecule has 0 fully saturated rings. The minimum atomic E-state index is -0.175. The summed E-state index contributed by atoms with van der Waals surface area (Å²) in [7, 11) is 1.66. The Morgan fingerprint density at radius 3 is 2.80 bits per heavy atom. The summed E-state index contributed by atoms with van der Waals surface area (Å²) in [5.74, 6) is -0.175. The zero-order chi connectivity index (χ0) is 11.0. The predicted molar refractivity (Wildman–Crippen MR) is 58.5 cm³/mol. The van der Waals surface area contributed by atoms with Gasteiger partial charge in [0.15, 0.2) is 5.69 Å². The second-order valence-electron chi connectivity index (χ2n) is 3.11. The van der Waals surface area contributed by atoms with Gasteiger partial charge in [-0.05, 0) is 17.9 Å². The molecule has 0 spiro atoms. The maximum Gasteiger partial charge on any atom is 0.226 e. The van der Waals surface area contributed by atoms with Crippen LogP contribution in [0.4, 0.5) is 0 Å². The number of nitrogens with zero attached hydrogens (tertiary/aromatic N) is 3. The van der Waals surface area contributed by atoms with Crippen LogP contribution in [0.5, 0.6) is 0 Å². The first kappa shape index (κ1) is 10.3. The first-order valence-electron chi connectivity index (χ1n) is 4.24. The van der Waals surface area contributed by atoms with E-state index in [1.807, 2.05) is 12.3 Å². The molecule has 2 heterocycles. The van der Waals surface area contributed by atoms with Gasteiger partial charge in [0.05, 0.1) is 16.1 Å². The largest absolute Gasteiger partial charge is 0.286 e. The Kier molecular flexibility index (Phi) is 2.58. The molecule has 0 saturated heterocycles. The van der Waals surface area contributed by atoms with Gasteiger partial charge in [0.1, 0.15) is 0 Å². The van der Waals surface area contributed by atoms with Crippen molar-refractivity contribution < 1.29 is 4.79 Å². The quantitative estimate of drug-likeness (QED) is 0.757. The van der Waals surface area contributed by atoms with Crippen molar-refractivity contribution in [2.75, 3.05) is 0 Å². The number of carbonyl (C=O) groups excluding carboxylic acids is 1. The van der Waals surface area contributed by atoms with Crippen molar-refractivity contribution in [3.05, 3.63) is 32.7 Å². The Bertz CT molecular complexity index is 517. The van der Waals surface area contributed by atoms with Crippen LogP contribution in [0.15, 0.2) is 11.6 Å². The van der Waals surface area contributed by atoms with Gasteiger partial charge in [-0.15, -0.1) is 11.3 Å². The van der Waals surface area contributed by atoms with Gasteiger partial charge < -0.3 is 0 Å². The summed E-state index contributed by atoms with van der Waals surface area (Å²) >= 11 is 7.32. The molecule has 0 bridgehead atoms. The third kappa shape index (κ3) is 1.80. The van der Waals surface area contributed by atoms with Crippen molar-refractivity contribution in [3.63, 3.8) is 0 Å². The molecule has 2 aromatic rings. The Balaban J connectivity index is 2.41. The first-order chi connectivity index (χ1) is 7.09. The lowest BCUT2D eigenvalue weighted by molar-refractivity contribution is 0.103. The van der Waals surface area contributed by atoms with Crippen LogP contribution in [-0.2, 0) is 7.05 Å². The van der Waals surface area contributed by atoms with Crippen molar-refractivity contribution in [2.24, 2.45) is 7.05 Å². The molecule has 6 heteroatoms. The van der Waals surface area contributed by atoms with Crippen molar-refractivity contribution in [2.45, 2.75) is 6.92 Å². The van der Waals surface area contributed by atoms with Gasteiger partial charge in [-0.1, -0.05) is 11.6 Å². The number of halogens is 1. The molecule has 2 aromatic heterocycles. The van der Waals surface area contributed by atoms with Gasteiger partial charge in [0.2, 0.25) is 5.78 Å². The van der Waals surface area contributed by atoms with Gasteiger partial charge in [-0.3, -0.25) is 4.79 Å². The second-order valence-corrected chi connectivity index (χ2v) is 4.37. The third-order valence-corrected chi connectivity index (χ3v) is 3.63. The minimum absolute atomic E-state index is 0.175. The molecule has 0 aliphatic heterocycles. The van der Waals surface area contributed by atoms with Crippen LogP contribution in [0, 0.1) is 6.92 Å². The van der Waals surface area contributed by atoms with E-state index < -0.39 is 0 Å². The molecule has 2 rings (SSSR count). The Labute approximate surface area is 95.5 Å². The van der Waals surface area contributed by atoms with E-state index in [4.69, 9.17) is 11.6 Å². The number of carbonyl (C=O) groups is 1. The average molecular weight is 242 g/mol. The van der Waals surface area contributed by atoms with Gasteiger partial charge in [-0.2, -0.15) is 15.0 Å². The van der Waals surface area contributed by atoms with E-state index in [2.05, 4.69) is 10.2 Å². The van der Waals surface area contributed by atoms with E-state index in [0.29, 0.717) is 15.6 Å². The van der Waals surface area contributed by atoms with Gasteiger partial charge in [0, 0.05) is 7.05 Å². The van der Waals surface area contributed by atoms with Crippen LogP contribution in [0.3, 0.4) is 0 Å². The van der Waals surface area contributed by atoms with Crippen LogP contribution < -0.4 is 0 Å². The number of hydrogen-bond donors (Lipinski definition) is 0. The summed E-state index contributed by atoms with van der Waals surface area (Å²) in [4.78, 5) is 13.8. The van der Waals surface area contributed by atoms with Crippen molar-refractivity contribution in [1.82, 2.24) is 15.0 Å². The molecule has 4 nitrogen and oxygen atoms in total. The molecular weight excluding hydrogens is 234 g/mol. The predicted octanol–water partition coefficient (Wildman–Crippen LogP) is 2.07. The zero-order valence-electron chi connectivity index (χ0n) is 8.19. The van der Waals surface area contributed by atoms with Crippen molar-refractivity contribution in [1.29, 1.82) is 0 Å². The molecule has 0 unspecified atom stereocenters. The van der Waals surface area contributed by atoms with E-state index >= 15 is 0 Å². The van der Waals surface area contributed by atoms with Crippen LogP contribution in [0.2, 0.25) is 5.02 Å². The molecule has 0 atom stereocenters. The van der Waals surface area contributed by atoms with Crippen LogP contribution in [0.1, 0.15) is 20.9 Å². The fourth-order valence-corrected chi connectivity index (χ4v) is 2.38. The molecule has 0 saturated carbocycles. The van der Waals surface area contributed by atoms with Crippen LogP contribution in [0.25, 0.3) is 0 Å². The topological polar surface area (TPSA) is 47.8 Å². The summed E-state index contributed by atoms with van der Waals surface area (Å²) in [5, 5.41) is 10.2. The molecule has 0 radical (unpaired) electrons. The molecule has 0 N–H and O–H groups in total. The normalized spacial score (nSPS) is 10.6. The van der Waals surface area contributed by atoms with Gasteiger partial charge >= 0.3 is 0 Å². The van der Waals surface area contributed by atoms with E-state index in [1.165, 1.54) is 22.3 Å². The summed E-state index contributed by atoms with van der Waals surface area (Å²) in [5.41, 5.74) is 1.23. The van der Waals surface area contributed by atoms with E-state index in [-0.39, 0.29) is 5.78 Å². The van der Waals surface area contributed by atoms with Crippen molar-refractivity contribution in [3.8, 4) is 0 Å². The van der Waals surface area contributed by atoms with E-state index in [1.54, 1.807) is 7.05 Å². The number of hydrogen-bond acceptors (Lipinski definition) is 4. The molecule has 0 amide bonds. The number of ketones is 1. The fourth-order valence-electron chi connectivity index (χ4n) is 1.15. The lowest BCUT2D eigenvalue weighted by Crippen LogP contribution is -2.02. The zero-order valence-corrected chi connectivity index (χ0v) is 9.76. The second kappa shape index (κ2) is 3.75. The lowest BCUT2D eigenvalue weighted by Gasteiger charge is -1.93. The monoisotopic (exact) mass is 241 g/mol. The maximum absolute atomic E-state index is 11.9. The highest BCUT2D eigenvalue weighted by molar-refractivity contribution is 7.13. The standard InChI is InChI=1S/C9H8ClN3OS/c1-5-4-15-9(7(5)10)8(14)6-3-11-13(2)12-6/h3-4H,1-2H3. The smallest absolute Gasteiger partial charge is 0.226 e. The highest BCUT2D eigenvalue weighted by Gasteiger charge is 2.18. The number of rotatable bonds is 2. The van der Waals surface area contributed by atoms with E-state index in [0.717, 1.165) is 5.56 Å². The highest BCUT2D eigenvalue weighted by Crippen LogP contribution is 2.28. The van der Waals surface area contributed by atoms with E-state index in [9.17, 15) is 4.79 Å². The van der Waals surface area contributed by atoms with Gasteiger partial charge in [0.25, 0.3) is 0 Å². The minimum Gasteiger partial charge on any atom is -0.286 e. The first-order valence-corrected chi connectivity index (χ1v) is 5.50. The number of thiophene rings is 1. The van der Waals surface area contributed by atoms with Crippen molar-refractivity contribution >= 4 is 28.7 Å². The average Bonchev–Trinajstić information content (AvgIpc) is 2.75.